The quantitative estimate of drug-likeness (QED) is 0.636. The lowest BCUT2D eigenvalue weighted by atomic mass is 9.94. The van der Waals surface area contributed by atoms with Crippen molar-refractivity contribution >= 4 is 23.1 Å². The first-order chi connectivity index (χ1) is 13.4. The van der Waals surface area contributed by atoms with Crippen LogP contribution in [-0.4, -0.2) is 48.1 Å². The fraction of sp³-hybridized carbons (Fsp3) is 0.364. The number of carboxylic acids is 1. The number of carbonyl (C=O) groups is 2. The second-order valence-electron chi connectivity index (χ2n) is 6.36. The normalized spacial score (nSPS) is 10.6. The molecule has 0 aliphatic carbocycles. The van der Waals surface area contributed by atoms with Crippen LogP contribution < -0.4 is 9.80 Å². The summed E-state index contributed by atoms with van der Waals surface area (Å²) in [6.07, 6.45) is 0. The van der Waals surface area contributed by atoms with Gasteiger partial charge in [-0.25, -0.2) is 4.79 Å². The van der Waals surface area contributed by atoms with Crippen molar-refractivity contribution in [2.75, 3.05) is 36.0 Å². The highest BCUT2D eigenvalue weighted by Crippen LogP contribution is 2.43. The third-order valence-electron chi connectivity index (χ3n) is 4.93. The standard InChI is InChI=1S/C22H28N2O4/c1-5-23(6-2)17-14-16(22(27)28)18(20(25)15-12-10-9-11-13-15)21(26)19(17)24(7-3)8-4/h9-14,26H,5-8H2,1-4H3,(H,27,28). The predicted molar refractivity (Wildman–Crippen MR) is 112 cm³/mol. The van der Waals surface area contributed by atoms with Gasteiger partial charge in [-0.3, -0.25) is 4.79 Å². The van der Waals surface area contributed by atoms with Crippen molar-refractivity contribution in [3.8, 4) is 5.75 Å². The second kappa shape index (κ2) is 9.26. The Morgan fingerprint density at radius 2 is 1.43 bits per heavy atom. The van der Waals surface area contributed by atoms with Crippen molar-refractivity contribution in [1.82, 2.24) is 0 Å². The summed E-state index contributed by atoms with van der Waals surface area (Å²) in [5.41, 5.74) is 1.09. The Morgan fingerprint density at radius 3 is 1.89 bits per heavy atom. The number of aromatic hydroxyl groups is 1. The first kappa shape index (κ1) is 21.3. The maximum atomic E-state index is 13.1. The van der Waals surface area contributed by atoms with Crippen LogP contribution in [0.4, 0.5) is 11.4 Å². The number of hydrogen-bond acceptors (Lipinski definition) is 5. The van der Waals surface area contributed by atoms with E-state index >= 15 is 0 Å². The zero-order valence-corrected chi connectivity index (χ0v) is 16.9. The molecular weight excluding hydrogens is 356 g/mol. The average molecular weight is 384 g/mol. The van der Waals surface area contributed by atoms with Crippen LogP contribution in [0.15, 0.2) is 36.4 Å². The Balaban J connectivity index is 2.86. The molecule has 0 unspecified atom stereocenters. The van der Waals surface area contributed by atoms with Crippen molar-refractivity contribution < 1.29 is 19.8 Å². The third kappa shape index (κ3) is 3.96. The van der Waals surface area contributed by atoms with E-state index in [2.05, 4.69) is 0 Å². The van der Waals surface area contributed by atoms with Crippen LogP contribution in [0.25, 0.3) is 0 Å². The fourth-order valence-electron chi connectivity index (χ4n) is 3.43. The van der Waals surface area contributed by atoms with Gasteiger partial charge >= 0.3 is 5.97 Å². The Bertz CT molecular complexity index is 841. The minimum Gasteiger partial charge on any atom is -0.505 e. The minimum absolute atomic E-state index is 0.170. The number of benzene rings is 2. The number of phenolic OH excluding ortho intramolecular Hbond substituents is 1. The molecule has 0 saturated heterocycles. The number of phenols is 1. The van der Waals surface area contributed by atoms with Crippen LogP contribution in [0.3, 0.4) is 0 Å². The van der Waals surface area contributed by atoms with Crippen LogP contribution >= 0.6 is 0 Å². The summed E-state index contributed by atoms with van der Waals surface area (Å²) < 4.78 is 0. The molecular formula is C22H28N2O4. The zero-order valence-electron chi connectivity index (χ0n) is 16.9. The van der Waals surface area contributed by atoms with E-state index in [-0.39, 0.29) is 16.9 Å². The van der Waals surface area contributed by atoms with E-state index < -0.39 is 11.8 Å². The largest absolute Gasteiger partial charge is 0.505 e. The van der Waals surface area contributed by atoms with E-state index in [9.17, 15) is 19.8 Å². The van der Waals surface area contributed by atoms with E-state index in [1.54, 1.807) is 30.3 Å². The van der Waals surface area contributed by atoms with Crippen molar-refractivity contribution in [3.63, 3.8) is 0 Å². The summed E-state index contributed by atoms with van der Waals surface area (Å²) in [4.78, 5) is 29.0. The monoisotopic (exact) mass is 384 g/mol. The highest BCUT2D eigenvalue weighted by molar-refractivity contribution is 6.17. The second-order valence-corrected chi connectivity index (χ2v) is 6.36. The number of carboxylic acid groups (broad SMARTS) is 1. The van der Waals surface area contributed by atoms with Gasteiger partial charge < -0.3 is 20.0 Å². The molecule has 0 heterocycles. The Kier molecular flexibility index (Phi) is 7.04. The maximum absolute atomic E-state index is 13.1. The molecule has 2 rings (SSSR count). The summed E-state index contributed by atoms with van der Waals surface area (Å²) in [7, 11) is 0. The molecule has 0 bridgehead atoms. The lowest BCUT2D eigenvalue weighted by Gasteiger charge is -2.32. The number of carbonyl (C=O) groups excluding carboxylic acids is 1. The number of hydrogen-bond donors (Lipinski definition) is 2. The summed E-state index contributed by atoms with van der Waals surface area (Å²) in [6, 6.07) is 9.94. The fourth-order valence-corrected chi connectivity index (χ4v) is 3.43. The van der Waals surface area contributed by atoms with Crippen molar-refractivity contribution in [3.05, 3.63) is 53.1 Å². The molecule has 6 nitrogen and oxygen atoms in total. The SMILES string of the molecule is CCN(CC)c1cc(C(=O)O)c(C(=O)c2ccccc2)c(O)c1N(CC)CC. The summed E-state index contributed by atoms with van der Waals surface area (Å²) in [5.74, 6) is -2.02. The molecule has 0 aliphatic rings. The van der Waals surface area contributed by atoms with E-state index in [1.165, 1.54) is 6.07 Å². The van der Waals surface area contributed by atoms with Crippen LogP contribution in [0, 0.1) is 0 Å². The highest BCUT2D eigenvalue weighted by atomic mass is 16.4. The maximum Gasteiger partial charge on any atom is 0.336 e. The van der Waals surface area contributed by atoms with Gasteiger partial charge in [0.1, 0.15) is 5.69 Å². The molecule has 150 valence electrons. The molecule has 0 aromatic heterocycles. The number of nitrogens with zero attached hydrogens (tertiary/aromatic N) is 2. The summed E-state index contributed by atoms with van der Waals surface area (Å²) >= 11 is 0. The molecule has 28 heavy (non-hydrogen) atoms. The third-order valence-corrected chi connectivity index (χ3v) is 4.93. The number of anilines is 2. The molecule has 6 heteroatoms. The Labute approximate surface area is 166 Å². The van der Waals surface area contributed by atoms with Gasteiger partial charge in [0, 0.05) is 31.7 Å². The van der Waals surface area contributed by atoms with E-state index in [0.29, 0.717) is 43.1 Å². The van der Waals surface area contributed by atoms with E-state index in [4.69, 9.17) is 0 Å². The minimum atomic E-state index is -1.24. The van der Waals surface area contributed by atoms with E-state index in [0.717, 1.165) is 0 Å². The smallest absolute Gasteiger partial charge is 0.336 e. The van der Waals surface area contributed by atoms with Gasteiger partial charge in [0.15, 0.2) is 11.5 Å². The van der Waals surface area contributed by atoms with E-state index in [1.807, 2.05) is 37.5 Å². The molecule has 0 amide bonds. The number of ketones is 1. The first-order valence-electron chi connectivity index (χ1n) is 9.63. The van der Waals surface area contributed by atoms with Crippen LogP contribution in [0.1, 0.15) is 54.0 Å². The average Bonchev–Trinajstić information content (AvgIpc) is 2.71. The molecule has 0 spiro atoms. The summed E-state index contributed by atoms with van der Waals surface area (Å²) in [5, 5.41) is 20.9. The zero-order chi connectivity index (χ0) is 20.8. The van der Waals surface area contributed by atoms with Gasteiger partial charge in [0.25, 0.3) is 0 Å². The molecule has 0 atom stereocenters. The number of aromatic carboxylic acids is 1. The molecule has 2 N–H and O–H groups in total. The molecule has 2 aromatic rings. The van der Waals surface area contributed by atoms with Gasteiger partial charge in [-0.05, 0) is 33.8 Å². The molecule has 0 fully saturated rings. The van der Waals surface area contributed by atoms with Crippen molar-refractivity contribution in [2.24, 2.45) is 0 Å². The Morgan fingerprint density at radius 1 is 0.893 bits per heavy atom. The van der Waals surface area contributed by atoms with Gasteiger partial charge in [-0.2, -0.15) is 0 Å². The van der Waals surface area contributed by atoms with Crippen molar-refractivity contribution in [1.29, 1.82) is 0 Å². The predicted octanol–water partition coefficient (Wildman–Crippen LogP) is 4.01. The lowest BCUT2D eigenvalue weighted by molar-refractivity contribution is 0.0692. The van der Waals surface area contributed by atoms with Crippen LogP contribution in [-0.2, 0) is 0 Å². The number of rotatable bonds is 9. The van der Waals surface area contributed by atoms with Gasteiger partial charge in [0.05, 0.1) is 16.8 Å². The molecule has 0 radical (unpaired) electrons. The van der Waals surface area contributed by atoms with Gasteiger partial charge in [0.2, 0.25) is 0 Å². The topological polar surface area (TPSA) is 81.1 Å². The van der Waals surface area contributed by atoms with Gasteiger partial charge in [-0.1, -0.05) is 30.3 Å². The van der Waals surface area contributed by atoms with Gasteiger partial charge in [-0.15, -0.1) is 0 Å². The lowest BCUT2D eigenvalue weighted by Crippen LogP contribution is -2.29. The highest BCUT2D eigenvalue weighted by Gasteiger charge is 2.29. The first-order valence-corrected chi connectivity index (χ1v) is 9.63. The van der Waals surface area contributed by atoms with Crippen LogP contribution in [0.5, 0.6) is 5.75 Å². The molecule has 0 saturated carbocycles. The Hall–Kier alpha value is -3.02. The molecule has 0 aliphatic heterocycles. The summed E-state index contributed by atoms with van der Waals surface area (Å²) in [6.45, 7) is 10.4. The molecule has 2 aromatic carbocycles. The van der Waals surface area contributed by atoms with Crippen LogP contribution in [0.2, 0.25) is 0 Å². The van der Waals surface area contributed by atoms with Crippen molar-refractivity contribution in [2.45, 2.75) is 27.7 Å².